The van der Waals surface area contributed by atoms with E-state index in [0.29, 0.717) is 0 Å². The van der Waals surface area contributed by atoms with Crippen molar-refractivity contribution in [3.63, 3.8) is 0 Å². The quantitative estimate of drug-likeness (QED) is 0.781. The topological polar surface area (TPSA) is 47.0 Å². The first-order valence-corrected chi connectivity index (χ1v) is 8.20. The van der Waals surface area contributed by atoms with Crippen LogP contribution in [0.5, 0.6) is 5.75 Å². The predicted molar refractivity (Wildman–Crippen MR) is 87.1 cm³/mol. The van der Waals surface area contributed by atoms with Crippen molar-refractivity contribution in [3.05, 3.63) is 52.3 Å². The van der Waals surface area contributed by atoms with Crippen molar-refractivity contribution >= 4 is 22.7 Å². The van der Waals surface area contributed by atoms with Crippen LogP contribution in [-0.2, 0) is 0 Å². The van der Waals surface area contributed by atoms with Crippen LogP contribution >= 0.6 is 22.7 Å². The normalized spacial score (nSPS) is 12.3. The second-order valence-electron chi connectivity index (χ2n) is 4.40. The molecular formula is C15H15N3OS2. The van der Waals surface area contributed by atoms with Gasteiger partial charge in [0.15, 0.2) is 5.01 Å². The Balaban J connectivity index is 1.94. The smallest absolute Gasteiger partial charge is 0.161 e. The standard InChI is InChI=1S/C15H15N3OS2/c1-16-12(10-6-4-3-5-7-10)14-17-18-15(21-14)13-11(19-2)8-9-20-13/h3-9,12,16H,1-2H3. The largest absolute Gasteiger partial charge is 0.495 e. The van der Waals surface area contributed by atoms with Gasteiger partial charge in [-0.1, -0.05) is 41.7 Å². The van der Waals surface area contributed by atoms with Crippen molar-refractivity contribution in [1.29, 1.82) is 0 Å². The van der Waals surface area contributed by atoms with Gasteiger partial charge in [0, 0.05) is 0 Å². The van der Waals surface area contributed by atoms with Gasteiger partial charge < -0.3 is 10.1 Å². The second-order valence-corrected chi connectivity index (χ2v) is 6.32. The lowest BCUT2D eigenvalue weighted by molar-refractivity contribution is 0.418. The maximum absolute atomic E-state index is 5.35. The molecule has 1 unspecified atom stereocenters. The Morgan fingerprint density at radius 2 is 1.95 bits per heavy atom. The summed E-state index contributed by atoms with van der Waals surface area (Å²) in [6, 6.07) is 12.3. The van der Waals surface area contributed by atoms with Crippen LogP contribution < -0.4 is 10.1 Å². The number of benzene rings is 1. The van der Waals surface area contributed by atoms with E-state index in [9.17, 15) is 0 Å². The number of thiophene rings is 1. The summed E-state index contributed by atoms with van der Waals surface area (Å²) in [5.74, 6) is 0.850. The van der Waals surface area contributed by atoms with Crippen LogP contribution in [-0.4, -0.2) is 24.4 Å². The summed E-state index contributed by atoms with van der Waals surface area (Å²) in [4.78, 5) is 1.03. The molecule has 0 aliphatic heterocycles. The Hall–Kier alpha value is -1.76. The average molecular weight is 317 g/mol. The van der Waals surface area contributed by atoms with Gasteiger partial charge in [0.1, 0.15) is 15.6 Å². The van der Waals surface area contributed by atoms with E-state index in [1.807, 2.05) is 36.7 Å². The molecule has 21 heavy (non-hydrogen) atoms. The molecule has 108 valence electrons. The average Bonchev–Trinajstić information content (AvgIpc) is 3.17. The lowest BCUT2D eigenvalue weighted by Gasteiger charge is -2.12. The van der Waals surface area contributed by atoms with Crippen molar-refractivity contribution in [2.45, 2.75) is 6.04 Å². The molecule has 6 heteroatoms. The van der Waals surface area contributed by atoms with Gasteiger partial charge in [0.25, 0.3) is 0 Å². The fourth-order valence-electron chi connectivity index (χ4n) is 2.14. The van der Waals surface area contributed by atoms with Gasteiger partial charge in [-0.25, -0.2) is 0 Å². The van der Waals surface area contributed by atoms with E-state index < -0.39 is 0 Å². The van der Waals surface area contributed by atoms with Gasteiger partial charge in [0.05, 0.1) is 13.2 Å². The van der Waals surface area contributed by atoms with Crippen LogP contribution in [0.1, 0.15) is 16.6 Å². The molecule has 0 aliphatic rings. The van der Waals surface area contributed by atoms with Gasteiger partial charge >= 0.3 is 0 Å². The Morgan fingerprint density at radius 3 is 2.67 bits per heavy atom. The molecule has 0 aliphatic carbocycles. The lowest BCUT2D eigenvalue weighted by atomic mass is 10.1. The molecule has 2 heterocycles. The number of aromatic nitrogens is 2. The Kier molecular flexibility index (Phi) is 4.28. The van der Waals surface area contributed by atoms with E-state index in [1.54, 1.807) is 29.8 Å². The molecule has 3 aromatic rings. The minimum absolute atomic E-state index is 0.0587. The maximum atomic E-state index is 5.35. The summed E-state index contributed by atoms with van der Waals surface area (Å²) in [5, 5.41) is 15.8. The highest BCUT2D eigenvalue weighted by Crippen LogP contribution is 2.38. The van der Waals surface area contributed by atoms with Crippen molar-refractivity contribution < 1.29 is 4.74 Å². The zero-order valence-electron chi connectivity index (χ0n) is 11.7. The van der Waals surface area contributed by atoms with E-state index in [0.717, 1.165) is 20.6 Å². The van der Waals surface area contributed by atoms with Crippen molar-refractivity contribution in [1.82, 2.24) is 15.5 Å². The highest BCUT2D eigenvalue weighted by molar-refractivity contribution is 7.21. The lowest BCUT2D eigenvalue weighted by Crippen LogP contribution is -2.17. The van der Waals surface area contributed by atoms with Gasteiger partial charge in [0.2, 0.25) is 0 Å². The Bertz CT molecular complexity index is 709. The molecule has 1 N–H and O–H groups in total. The van der Waals surface area contributed by atoms with E-state index in [-0.39, 0.29) is 6.04 Å². The van der Waals surface area contributed by atoms with Gasteiger partial charge in [-0.3, -0.25) is 0 Å². The van der Waals surface area contributed by atoms with Crippen molar-refractivity contribution in [3.8, 4) is 15.6 Å². The third kappa shape index (κ3) is 2.83. The molecule has 3 rings (SSSR count). The number of hydrogen-bond donors (Lipinski definition) is 1. The summed E-state index contributed by atoms with van der Waals surface area (Å²) in [6.45, 7) is 0. The highest BCUT2D eigenvalue weighted by atomic mass is 32.1. The van der Waals surface area contributed by atoms with Crippen LogP contribution in [0, 0.1) is 0 Å². The summed E-state index contributed by atoms with van der Waals surface area (Å²) < 4.78 is 5.35. The molecule has 4 nitrogen and oxygen atoms in total. The van der Waals surface area contributed by atoms with Gasteiger partial charge in [-0.15, -0.1) is 21.5 Å². The summed E-state index contributed by atoms with van der Waals surface area (Å²) in [6.07, 6.45) is 0. The SMILES string of the molecule is CNC(c1ccccc1)c1nnc(-c2sccc2OC)s1. The molecule has 0 saturated carbocycles. The summed E-state index contributed by atoms with van der Waals surface area (Å²) in [7, 11) is 3.61. The molecule has 0 amide bonds. The maximum Gasteiger partial charge on any atom is 0.161 e. The monoisotopic (exact) mass is 317 g/mol. The number of nitrogens with zero attached hydrogens (tertiary/aromatic N) is 2. The minimum Gasteiger partial charge on any atom is -0.495 e. The first kappa shape index (κ1) is 14.2. The first-order valence-electron chi connectivity index (χ1n) is 6.51. The van der Waals surface area contributed by atoms with Gasteiger partial charge in [-0.2, -0.15) is 0 Å². The number of rotatable bonds is 5. The van der Waals surface area contributed by atoms with Crippen LogP contribution in [0.15, 0.2) is 41.8 Å². The molecule has 0 saturated heterocycles. The van der Waals surface area contributed by atoms with Crippen molar-refractivity contribution in [2.24, 2.45) is 0 Å². The Labute approximate surface area is 131 Å². The Morgan fingerprint density at radius 1 is 1.14 bits per heavy atom. The van der Waals surface area contributed by atoms with E-state index in [2.05, 4.69) is 27.6 Å². The molecule has 2 aromatic heterocycles. The van der Waals surface area contributed by atoms with E-state index in [1.165, 1.54) is 5.56 Å². The van der Waals surface area contributed by atoms with Gasteiger partial charge in [-0.05, 0) is 24.1 Å². The van der Waals surface area contributed by atoms with Crippen LogP contribution in [0.4, 0.5) is 0 Å². The zero-order valence-corrected chi connectivity index (χ0v) is 13.4. The third-order valence-corrected chi connectivity index (χ3v) is 5.19. The fraction of sp³-hybridized carbons (Fsp3) is 0.200. The number of nitrogens with one attached hydrogen (secondary N) is 1. The number of hydrogen-bond acceptors (Lipinski definition) is 6. The molecule has 1 aromatic carbocycles. The molecule has 1 atom stereocenters. The highest BCUT2D eigenvalue weighted by Gasteiger charge is 2.19. The van der Waals surface area contributed by atoms with E-state index >= 15 is 0 Å². The number of methoxy groups -OCH3 is 1. The van der Waals surface area contributed by atoms with E-state index in [4.69, 9.17) is 4.74 Å². The molecule has 0 radical (unpaired) electrons. The van der Waals surface area contributed by atoms with Crippen LogP contribution in [0.2, 0.25) is 0 Å². The molecular weight excluding hydrogens is 302 g/mol. The second kappa shape index (κ2) is 6.34. The summed E-state index contributed by atoms with van der Waals surface area (Å²) >= 11 is 3.21. The van der Waals surface area contributed by atoms with Crippen molar-refractivity contribution in [2.75, 3.05) is 14.2 Å². The molecule has 0 spiro atoms. The predicted octanol–water partition coefficient (Wildman–Crippen LogP) is 3.58. The zero-order chi connectivity index (χ0) is 14.7. The first-order chi connectivity index (χ1) is 10.3. The molecule has 0 fully saturated rings. The third-order valence-electron chi connectivity index (χ3n) is 3.15. The summed E-state index contributed by atoms with van der Waals surface area (Å²) in [5.41, 5.74) is 1.18. The van der Waals surface area contributed by atoms with Crippen LogP contribution in [0.3, 0.4) is 0 Å². The minimum atomic E-state index is 0.0587. The van der Waals surface area contributed by atoms with Crippen LogP contribution in [0.25, 0.3) is 9.88 Å². The number of ether oxygens (including phenoxy) is 1. The fourth-order valence-corrected chi connectivity index (χ4v) is 4.07. The molecule has 0 bridgehead atoms.